The van der Waals surface area contributed by atoms with Crippen LogP contribution in [0.1, 0.15) is 31.5 Å². The Kier molecular flexibility index (Phi) is 3.42. The van der Waals surface area contributed by atoms with Crippen molar-refractivity contribution in [2.24, 2.45) is 0 Å². The van der Waals surface area contributed by atoms with Crippen LogP contribution < -0.4 is 4.74 Å². The van der Waals surface area contributed by atoms with Gasteiger partial charge in [-0.3, -0.25) is 4.40 Å². The number of likely N-dealkylation sites (N-methyl/N-ethyl adjacent to an activating group) is 1. The fraction of sp³-hybridized carbons (Fsp3) is 0.533. The van der Waals surface area contributed by atoms with Crippen molar-refractivity contribution >= 4 is 5.52 Å². The molecule has 0 saturated carbocycles. The minimum atomic E-state index is 0.531. The van der Waals surface area contributed by atoms with Crippen LogP contribution >= 0.6 is 0 Å². The molecule has 1 atom stereocenters. The molecule has 1 aliphatic heterocycles. The summed E-state index contributed by atoms with van der Waals surface area (Å²) in [7, 11) is 1.71. The van der Waals surface area contributed by atoms with Crippen molar-refractivity contribution in [1.29, 1.82) is 0 Å². The van der Waals surface area contributed by atoms with Crippen LogP contribution in [-0.4, -0.2) is 41.0 Å². The van der Waals surface area contributed by atoms with Gasteiger partial charge in [-0.25, -0.2) is 4.98 Å². The minimum absolute atomic E-state index is 0.531. The molecular formula is C15H21N3O. The summed E-state index contributed by atoms with van der Waals surface area (Å²) >= 11 is 0. The van der Waals surface area contributed by atoms with E-state index in [1.54, 1.807) is 7.11 Å². The molecule has 1 saturated heterocycles. The molecule has 1 fully saturated rings. The van der Waals surface area contributed by atoms with Crippen molar-refractivity contribution < 1.29 is 4.74 Å². The monoisotopic (exact) mass is 259 g/mol. The second-order valence-electron chi connectivity index (χ2n) is 5.21. The molecule has 19 heavy (non-hydrogen) atoms. The zero-order valence-electron chi connectivity index (χ0n) is 11.7. The van der Waals surface area contributed by atoms with Gasteiger partial charge in [0, 0.05) is 12.5 Å². The largest absolute Gasteiger partial charge is 0.495 e. The summed E-state index contributed by atoms with van der Waals surface area (Å²) in [5, 5.41) is 0. The van der Waals surface area contributed by atoms with Crippen molar-refractivity contribution in [2.45, 2.75) is 25.7 Å². The lowest BCUT2D eigenvalue weighted by atomic mass is 9.97. The van der Waals surface area contributed by atoms with E-state index in [0.29, 0.717) is 5.92 Å². The predicted octanol–water partition coefficient (Wildman–Crippen LogP) is 2.54. The fourth-order valence-electron chi connectivity index (χ4n) is 2.97. The average molecular weight is 259 g/mol. The van der Waals surface area contributed by atoms with Crippen LogP contribution in [0.5, 0.6) is 5.75 Å². The van der Waals surface area contributed by atoms with Gasteiger partial charge in [0.05, 0.1) is 25.0 Å². The number of aromatic nitrogens is 2. The maximum atomic E-state index is 5.32. The number of ether oxygens (including phenoxy) is 1. The lowest BCUT2D eigenvalue weighted by molar-refractivity contribution is 0.213. The van der Waals surface area contributed by atoms with Crippen LogP contribution in [0.4, 0.5) is 0 Å². The lowest BCUT2D eigenvalue weighted by Gasteiger charge is -2.31. The maximum Gasteiger partial charge on any atom is 0.135 e. The Morgan fingerprint density at radius 3 is 3.11 bits per heavy atom. The van der Waals surface area contributed by atoms with Crippen molar-refractivity contribution in [1.82, 2.24) is 14.3 Å². The van der Waals surface area contributed by atoms with Crippen molar-refractivity contribution in [2.75, 3.05) is 26.7 Å². The molecule has 0 aromatic carbocycles. The Bertz CT molecular complexity index is 564. The number of likely N-dealkylation sites (tertiary alicyclic amines) is 1. The molecule has 1 aliphatic rings. The highest BCUT2D eigenvalue weighted by molar-refractivity contribution is 5.48. The number of hydrogen-bond donors (Lipinski definition) is 0. The molecule has 0 bridgehead atoms. The van der Waals surface area contributed by atoms with Gasteiger partial charge in [0.25, 0.3) is 0 Å². The molecule has 0 aliphatic carbocycles. The Hall–Kier alpha value is -1.55. The highest BCUT2D eigenvalue weighted by Gasteiger charge is 2.23. The molecule has 0 radical (unpaired) electrons. The van der Waals surface area contributed by atoms with E-state index in [4.69, 9.17) is 4.74 Å². The topological polar surface area (TPSA) is 29.8 Å². The molecule has 2 aromatic heterocycles. The third-order valence-electron chi connectivity index (χ3n) is 4.08. The molecule has 102 valence electrons. The highest BCUT2D eigenvalue weighted by atomic mass is 16.5. The van der Waals surface area contributed by atoms with Gasteiger partial charge in [0.15, 0.2) is 0 Å². The summed E-state index contributed by atoms with van der Waals surface area (Å²) in [5.41, 5.74) is 1.14. The number of rotatable bonds is 3. The van der Waals surface area contributed by atoms with Gasteiger partial charge in [-0.1, -0.05) is 6.92 Å². The van der Waals surface area contributed by atoms with E-state index < -0.39 is 0 Å². The number of piperidine rings is 1. The van der Waals surface area contributed by atoms with Crippen LogP contribution in [0.15, 0.2) is 24.5 Å². The van der Waals surface area contributed by atoms with Crippen LogP contribution in [0.3, 0.4) is 0 Å². The van der Waals surface area contributed by atoms with E-state index in [2.05, 4.69) is 27.3 Å². The first-order valence-electron chi connectivity index (χ1n) is 7.05. The lowest BCUT2D eigenvalue weighted by Crippen LogP contribution is -2.34. The molecule has 0 N–H and O–H groups in total. The summed E-state index contributed by atoms with van der Waals surface area (Å²) in [6, 6.07) is 4.05. The SMILES string of the molecule is CCN1CCCC(c2ncc3ccc(OC)cn23)C1. The number of methoxy groups -OCH3 is 1. The molecule has 1 unspecified atom stereocenters. The quantitative estimate of drug-likeness (QED) is 0.848. The molecular weight excluding hydrogens is 238 g/mol. The maximum absolute atomic E-state index is 5.32. The summed E-state index contributed by atoms with van der Waals surface area (Å²) in [4.78, 5) is 7.15. The number of imidazole rings is 1. The zero-order valence-corrected chi connectivity index (χ0v) is 11.7. The first-order valence-corrected chi connectivity index (χ1v) is 7.05. The number of pyridine rings is 1. The van der Waals surface area contributed by atoms with Gasteiger partial charge in [0.2, 0.25) is 0 Å². The Morgan fingerprint density at radius 1 is 1.42 bits per heavy atom. The summed E-state index contributed by atoms with van der Waals surface area (Å²) in [5.74, 6) is 2.59. The van der Waals surface area contributed by atoms with Gasteiger partial charge in [-0.05, 0) is 38.1 Å². The zero-order chi connectivity index (χ0) is 13.2. The van der Waals surface area contributed by atoms with Gasteiger partial charge < -0.3 is 9.64 Å². The molecule has 4 heteroatoms. The van der Waals surface area contributed by atoms with Crippen LogP contribution in [0.25, 0.3) is 5.52 Å². The Morgan fingerprint density at radius 2 is 2.32 bits per heavy atom. The number of fused-ring (bicyclic) bond motifs is 1. The molecule has 2 aromatic rings. The van der Waals surface area contributed by atoms with Crippen LogP contribution in [0.2, 0.25) is 0 Å². The second-order valence-corrected chi connectivity index (χ2v) is 5.21. The van der Waals surface area contributed by atoms with Crippen molar-refractivity contribution in [3.63, 3.8) is 0 Å². The molecule has 3 heterocycles. The standard InChI is InChI=1S/C15H21N3O/c1-3-17-8-4-5-12(10-17)15-16-9-13-6-7-14(19-2)11-18(13)15/h6-7,9,11-12H,3-5,8,10H2,1-2H3. The van der Waals surface area contributed by atoms with E-state index in [0.717, 1.165) is 24.4 Å². The Balaban J connectivity index is 1.95. The highest BCUT2D eigenvalue weighted by Crippen LogP contribution is 2.27. The number of nitrogens with zero attached hydrogens (tertiary/aromatic N) is 3. The first kappa shape index (κ1) is 12.5. The van der Waals surface area contributed by atoms with E-state index >= 15 is 0 Å². The van der Waals surface area contributed by atoms with Gasteiger partial charge >= 0.3 is 0 Å². The van der Waals surface area contributed by atoms with Gasteiger partial charge in [0.1, 0.15) is 11.6 Å². The Labute approximate surface area is 114 Å². The van der Waals surface area contributed by atoms with Crippen molar-refractivity contribution in [3.05, 3.63) is 30.4 Å². The van der Waals surface area contributed by atoms with Gasteiger partial charge in [-0.15, -0.1) is 0 Å². The summed E-state index contributed by atoms with van der Waals surface area (Å²) in [6.45, 7) is 5.70. The van der Waals surface area contributed by atoms with E-state index in [1.807, 2.05) is 18.5 Å². The number of hydrogen-bond acceptors (Lipinski definition) is 3. The van der Waals surface area contributed by atoms with Gasteiger partial charge in [-0.2, -0.15) is 0 Å². The first-order chi connectivity index (χ1) is 9.31. The molecule has 0 spiro atoms. The third-order valence-corrected chi connectivity index (χ3v) is 4.08. The third kappa shape index (κ3) is 2.32. The fourth-order valence-corrected chi connectivity index (χ4v) is 2.97. The van der Waals surface area contributed by atoms with E-state index in [-0.39, 0.29) is 0 Å². The van der Waals surface area contributed by atoms with E-state index in [9.17, 15) is 0 Å². The molecule has 3 rings (SSSR count). The smallest absolute Gasteiger partial charge is 0.135 e. The second kappa shape index (κ2) is 5.21. The van der Waals surface area contributed by atoms with Crippen molar-refractivity contribution in [3.8, 4) is 5.75 Å². The van der Waals surface area contributed by atoms with Crippen LogP contribution in [-0.2, 0) is 0 Å². The minimum Gasteiger partial charge on any atom is -0.495 e. The normalized spacial score (nSPS) is 20.8. The molecule has 4 nitrogen and oxygen atoms in total. The average Bonchev–Trinajstić information content (AvgIpc) is 2.90. The predicted molar refractivity (Wildman–Crippen MR) is 75.8 cm³/mol. The summed E-state index contributed by atoms with van der Waals surface area (Å²) < 4.78 is 7.50. The van der Waals surface area contributed by atoms with Crippen LogP contribution in [0, 0.1) is 0 Å². The van der Waals surface area contributed by atoms with E-state index in [1.165, 1.54) is 25.2 Å². The summed E-state index contributed by atoms with van der Waals surface area (Å²) in [6.07, 6.45) is 6.49. The molecule has 0 amide bonds.